The first kappa shape index (κ1) is 11.6. The number of nitrogens with zero attached hydrogens (tertiary/aromatic N) is 3. The molecule has 0 saturated carbocycles. The molecule has 1 aliphatic rings. The van der Waals surface area contributed by atoms with Gasteiger partial charge in [0.1, 0.15) is 0 Å². The summed E-state index contributed by atoms with van der Waals surface area (Å²) in [6, 6.07) is 0. The Morgan fingerprint density at radius 1 is 1.12 bits per heavy atom. The summed E-state index contributed by atoms with van der Waals surface area (Å²) in [6.07, 6.45) is 9.76. The van der Waals surface area contributed by atoms with Gasteiger partial charge in [-0.3, -0.25) is 0 Å². The Morgan fingerprint density at radius 2 is 2.00 bits per heavy atom. The molecule has 0 bridgehead atoms. The van der Waals surface area contributed by atoms with Gasteiger partial charge in [-0.2, -0.15) is 0 Å². The zero-order valence-electron chi connectivity index (χ0n) is 9.94. The van der Waals surface area contributed by atoms with Crippen LogP contribution in [0, 0.1) is 0 Å². The van der Waals surface area contributed by atoms with Gasteiger partial charge >= 0.3 is 0 Å². The van der Waals surface area contributed by atoms with Gasteiger partial charge in [0.05, 0.1) is 6.33 Å². The smallest absolute Gasteiger partial charge is 0.0946 e. The van der Waals surface area contributed by atoms with Gasteiger partial charge in [0.15, 0.2) is 0 Å². The monoisotopic (exact) mass is 222 g/mol. The van der Waals surface area contributed by atoms with Gasteiger partial charge in [0.25, 0.3) is 0 Å². The van der Waals surface area contributed by atoms with Crippen molar-refractivity contribution in [2.75, 3.05) is 32.7 Å². The van der Waals surface area contributed by atoms with Gasteiger partial charge in [0.2, 0.25) is 0 Å². The molecule has 1 aliphatic heterocycles. The zero-order chi connectivity index (χ0) is 11.1. The lowest BCUT2D eigenvalue weighted by molar-refractivity contribution is 0.330. The molecule has 0 atom stereocenters. The van der Waals surface area contributed by atoms with Crippen LogP contribution in [-0.4, -0.2) is 47.2 Å². The fourth-order valence-electron chi connectivity index (χ4n) is 2.19. The quantitative estimate of drug-likeness (QED) is 0.698. The van der Waals surface area contributed by atoms with E-state index in [2.05, 4.69) is 19.8 Å². The maximum Gasteiger partial charge on any atom is 0.0946 e. The van der Waals surface area contributed by atoms with E-state index in [0.717, 1.165) is 19.6 Å². The lowest BCUT2D eigenvalue weighted by atomic mass is 10.4. The molecule has 0 radical (unpaired) electrons. The van der Waals surface area contributed by atoms with Crippen LogP contribution in [0.5, 0.6) is 0 Å². The molecule has 0 amide bonds. The van der Waals surface area contributed by atoms with Crippen LogP contribution in [0.1, 0.15) is 19.3 Å². The van der Waals surface area contributed by atoms with Crippen molar-refractivity contribution in [1.82, 2.24) is 19.8 Å². The maximum atomic E-state index is 4.02. The molecule has 1 aromatic heterocycles. The van der Waals surface area contributed by atoms with Crippen molar-refractivity contribution < 1.29 is 0 Å². The van der Waals surface area contributed by atoms with E-state index in [-0.39, 0.29) is 0 Å². The molecule has 0 unspecified atom stereocenters. The second kappa shape index (κ2) is 6.66. The predicted octanol–water partition coefficient (Wildman–Crippen LogP) is 0.959. The third-order valence-corrected chi connectivity index (χ3v) is 3.13. The molecule has 1 N–H and O–H groups in total. The summed E-state index contributed by atoms with van der Waals surface area (Å²) < 4.78 is 2.10. The highest BCUT2D eigenvalue weighted by molar-refractivity contribution is 4.74. The lowest BCUT2D eigenvalue weighted by Crippen LogP contribution is -2.26. The van der Waals surface area contributed by atoms with E-state index in [1.54, 1.807) is 0 Å². The van der Waals surface area contributed by atoms with E-state index in [1.807, 2.05) is 18.7 Å². The normalized spacial score (nSPS) is 17.0. The minimum atomic E-state index is 1.02. The average Bonchev–Trinajstić information content (AvgIpc) is 2.96. The van der Waals surface area contributed by atoms with Gasteiger partial charge in [0, 0.05) is 25.5 Å². The van der Waals surface area contributed by atoms with Crippen molar-refractivity contribution in [3.63, 3.8) is 0 Å². The lowest BCUT2D eigenvalue weighted by Gasteiger charge is -2.14. The summed E-state index contributed by atoms with van der Waals surface area (Å²) in [7, 11) is 0. The summed E-state index contributed by atoms with van der Waals surface area (Å²) in [6.45, 7) is 7.08. The number of nitrogens with one attached hydrogen (secondary N) is 1. The Hall–Kier alpha value is -0.870. The van der Waals surface area contributed by atoms with Crippen LogP contribution >= 0.6 is 0 Å². The largest absolute Gasteiger partial charge is 0.336 e. The van der Waals surface area contributed by atoms with Crippen molar-refractivity contribution in [3.05, 3.63) is 18.7 Å². The summed E-state index contributed by atoms with van der Waals surface area (Å²) >= 11 is 0. The molecule has 1 aromatic rings. The molecule has 16 heavy (non-hydrogen) atoms. The van der Waals surface area contributed by atoms with E-state index >= 15 is 0 Å². The predicted molar refractivity (Wildman–Crippen MR) is 65.4 cm³/mol. The van der Waals surface area contributed by atoms with Crippen molar-refractivity contribution in [1.29, 1.82) is 0 Å². The molecule has 0 spiro atoms. The van der Waals surface area contributed by atoms with Crippen LogP contribution in [0.2, 0.25) is 0 Å². The van der Waals surface area contributed by atoms with E-state index in [4.69, 9.17) is 0 Å². The Morgan fingerprint density at radius 3 is 2.75 bits per heavy atom. The topological polar surface area (TPSA) is 33.1 Å². The third-order valence-electron chi connectivity index (χ3n) is 3.13. The summed E-state index contributed by atoms with van der Waals surface area (Å²) in [5.41, 5.74) is 0. The Balaban J connectivity index is 1.43. The molecule has 0 aromatic carbocycles. The SMILES string of the molecule is c1cn(CCNCCCN2CCCC2)cn1. The highest BCUT2D eigenvalue weighted by Crippen LogP contribution is 2.06. The molecule has 1 saturated heterocycles. The summed E-state index contributed by atoms with van der Waals surface area (Å²) in [4.78, 5) is 6.59. The van der Waals surface area contributed by atoms with E-state index < -0.39 is 0 Å². The van der Waals surface area contributed by atoms with Crippen molar-refractivity contribution >= 4 is 0 Å². The van der Waals surface area contributed by atoms with Crippen LogP contribution in [0.25, 0.3) is 0 Å². The number of imidazole rings is 1. The van der Waals surface area contributed by atoms with Gasteiger partial charge in [-0.05, 0) is 45.4 Å². The van der Waals surface area contributed by atoms with Crippen LogP contribution < -0.4 is 5.32 Å². The summed E-state index contributed by atoms with van der Waals surface area (Å²) in [5.74, 6) is 0. The molecule has 4 nitrogen and oxygen atoms in total. The standard InChI is InChI=1S/C12H22N4/c1-2-8-15(7-1)9-3-4-13-5-10-16-11-6-14-12-16/h6,11-13H,1-5,7-10H2. The molecule has 2 rings (SSSR count). The first-order valence-electron chi connectivity index (χ1n) is 6.34. The van der Waals surface area contributed by atoms with E-state index in [9.17, 15) is 0 Å². The number of likely N-dealkylation sites (tertiary alicyclic amines) is 1. The van der Waals surface area contributed by atoms with Gasteiger partial charge < -0.3 is 14.8 Å². The summed E-state index contributed by atoms with van der Waals surface area (Å²) in [5, 5.41) is 3.47. The van der Waals surface area contributed by atoms with E-state index in [0.29, 0.717) is 0 Å². The second-order valence-corrected chi connectivity index (χ2v) is 4.45. The van der Waals surface area contributed by atoms with Crippen molar-refractivity contribution in [2.24, 2.45) is 0 Å². The zero-order valence-corrected chi connectivity index (χ0v) is 9.94. The highest BCUT2D eigenvalue weighted by Gasteiger charge is 2.09. The number of rotatable bonds is 7. The van der Waals surface area contributed by atoms with Crippen LogP contribution in [0.15, 0.2) is 18.7 Å². The van der Waals surface area contributed by atoms with Crippen LogP contribution in [0.4, 0.5) is 0 Å². The minimum absolute atomic E-state index is 1.02. The third kappa shape index (κ3) is 3.94. The molecule has 90 valence electrons. The van der Waals surface area contributed by atoms with Crippen LogP contribution in [0.3, 0.4) is 0 Å². The van der Waals surface area contributed by atoms with Gasteiger partial charge in [-0.1, -0.05) is 0 Å². The Kier molecular flexibility index (Phi) is 4.83. The van der Waals surface area contributed by atoms with Crippen molar-refractivity contribution in [3.8, 4) is 0 Å². The van der Waals surface area contributed by atoms with E-state index in [1.165, 1.54) is 38.9 Å². The molecular formula is C12H22N4. The average molecular weight is 222 g/mol. The molecule has 1 fully saturated rings. The number of aromatic nitrogens is 2. The fourth-order valence-corrected chi connectivity index (χ4v) is 2.19. The fraction of sp³-hybridized carbons (Fsp3) is 0.750. The highest BCUT2D eigenvalue weighted by atomic mass is 15.1. The van der Waals surface area contributed by atoms with Crippen LogP contribution in [-0.2, 0) is 6.54 Å². The first-order valence-corrected chi connectivity index (χ1v) is 6.34. The molecular weight excluding hydrogens is 200 g/mol. The first-order chi connectivity index (χ1) is 7.95. The van der Waals surface area contributed by atoms with Gasteiger partial charge in [-0.15, -0.1) is 0 Å². The minimum Gasteiger partial charge on any atom is -0.336 e. The number of hydrogen-bond acceptors (Lipinski definition) is 3. The molecule has 2 heterocycles. The van der Waals surface area contributed by atoms with Gasteiger partial charge in [-0.25, -0.2) is 4.98 Å². The Bertz CT molecular complexity index is 265. The molecule has 4 heteroatoms. The second-order valence-electron chi connectivity index (χ2n) is 4.45. The number of hydrogen-bond donors (Lipinski definition) is 1. The maximum absolute atomic E-state index is 4.02. The molecule has 0 aliphatic carbocycles. The Labute approximate surface area is 97.7 Å². The van der Waals surface area contributed by atoms with Crippen molar-refractivity contribution in [2.45, 2.75) is 25.8 Å².